The quantitative estimate of drug-likeness (QED) is 0.453. The summed E-state index contributed by atoms with van der Waals surface area (Å²) in [5.74, 6) is -3.34. The molecule has 0 aliphatic carbocycles. The molecule has 0 saturated carbocycles. The van der Waals surface area contributed by atoms with Gasteiger partial charge in [0, 0.05) is 34.6 Å². The Labute approximate surface area is 155 Å². The van der Waals surface area contributed by atoms with Gasteiger partial charge in [0.2, 0.25) is 12.2 Å². The van der Waals surface area contributed by atoms with Crippen LogP contribution in [0.15, 0.2) is 0 Å². The number of hydrogen-bond acceptors (Lipinski definition) is 10. The van der Waals surface area contributed by atoms with Crippen LogP contribution in [0.25, 0.3) is 0 Å². The summed E-state index contributed by atoms with van der Waals surface area (Å²) in [6, 6.07) is -1.16. The predicted molar refractivity (Wildman–Crippen MR) is 85.8 cm³/mol. The maximum Gasteiger partial charge on any atom is 0.305 e. The van der Waals surface area contributed by atoms with E-state index in [9.17, 15) is 24.0 Å². The number of hydrogen-bond donors (Lipinski definition) is 1. The zero-order chi connectivity index (χ0) is 20.7. The lowest BCUT2D eigenvalue weighted by Gasteiger charge is -2.44. The second-order valence-corrected chi connectivity index (χ2v) is 5.83. The molecule has 0 aromatic rings. The van der Waals surface area contributed by atoms with E-state index in [2.05, 4.69) is 5.32 Å². The van der Waals surface area contributed by atoms with Crippen molar-refractivity contribution in [2.45, 2.75) is 65.3 Å². The highest BCUT2D eigenvalue weighted by Crippen LogP contribution is 2.28. The third kappa shape index (κ3) is 7.21. The number of nitrogens with one attached hydrogen (secondary N) is 1. The Morgan fingerprint density at radius 2 is 1.30 bits per heavy atom. The van der Waals surface area contributed by atoms with Crippen molar-refractivity contribution in [3.05, 3.63) is 0 Å². The topological polar surface area (TPSA) is 144 Å². The Morgan fingerprint density at radius 3 is 1.74 bits per heavy atom. The van der Waals surface area contributed by atoms with E-state index in [1.54, 1.807) is 0 Å². The van der Waals surface area contributed by atoms with E-state index in [1.807, 2.05) is 0 Å². The van der Waals surface area contributed by atoms with Gasteiger partial charge in [-0.1, -0.05) is 0 Å². The second-order valence-electron chi connectivity index (χ2n) is 5.83. The molecule has 5 atom stereocenters. The fraction of sp³-hybridized carbons (Fsp3) is 0.688. The summed E-state index contributed by atoms with van der Waals surface area (Å²) < 4.78 is 25.9. The Balaban J connectivity index is 3.29. The fourth-order valence-electron chi connectivity index (χ4n) is 2.55. The van der Waals surface area contributed by atoms with Crippen LogP contribution in [-0.2, 0) is 47.7 Å². The van der Waals surface area contributed by atoms with E-state index in [-0.39, 0.29) is 6.61 Å². The largest absolute Gasteiger partial charge is 0.463 e. The molecule has 1 rings (SSSR count). The molecule has 1 saturated heterocycles. The van der Waals surface area contributed by atoms with E-state index in [4.69, 9.17) is 23.7 Å². The summed E-state index contributed by atoms with van der Waals surface area (Å²) in [6.07, 6.45) is -4.97. The Hall–Kier alpha value is -2.69. The van der Waals surface area contributed by atoms with Crippen molar-refractivity contribution < 1.29 is 47.7 Å². The summed E-state index contributed by atoms with van der Waals surface area (Å²) in [5.41, 5.74) is 0. The van der Waals surface area contributed by atoms with Gasteiger partial charge in [0.25, 0.3) is 0 Å². The maximum atomic E-state index is 11.6. The minimum absolute atomic E-state index is 0.365. The molecule has 1 aliphatic rings. The van der Waals surface area contributed by atoms with Gasteiger partial charge in [-0.05, 0) is 0 Å². The van der Waals surface area contributed by atoms with Gasteiger partial charge in [0.05, 0.1) is 0 Å². The molecule has 0 spiro atoms. The van der Waals surface area contributed by atoms with Gasteiger partial charge in [-0.2, -0.15) is 0 Å². The van der Waals surface area contributed by atoms with Crippen molar-refractivity contribution >= 4 is 29.8 Å². The molecule has 1 N–H and O–H groups in total. The molecule has 0 bridgehead atoms. The first kappa shape index (κ1) is 22.4. The number of ether oxygens (including phenoxy) is 5. The highest BCUT2D eigenvalue weighted by molar-refractivity contribution is 5.74. The second kappa shape index (κ2) is 9.86. The lowest BCUT2D eigenvalue weighted by Crippen LogP contribution is -2.66. The van der Waals surface area contributed by atoms with E-state index in [0.717, 1.165) is 27.7 Å². The third-order valence-corrected chi connectivity index (χ3v) is 3.35. The molecule has 1 fully saturated rings. The van der Waals surface area contributed by atoms with Crippen LogP contribution in [0.3, 0.4) is 0 Å². The zero-order valence-corrected chi connectivity index (χ0v) is 15.7. The van der Waals surface area contributed by atoms with E-state index < -0.39 is 60.4 Å². The molecule has 0 radical (unpaired) electrons. The average molecular weight is 389 g/mol. The average Bonchev–Trinajstić information content (AvgIpc) is 2.49. The number of esters is 4. The zero-order valence-electron chi connectivity index (χ0n) is 15.7. The van der Waals surface area contributed by atoms with Gasteiger partial charge >= 0.3 is 23.9 Å². The van der Waals surface area contributed by atoms with Gasteiger partial charge in [0.1, 0.15) is 18.8 Å². The maximum absolute atomic E-state index is 11.6. The number of amides is 1. The van der Waals surface area contributed by atoms with Gasteiger partial charge < -0.3 is 29.0 Å². The minimum atomic E-state index is -1.37. The monoisotopic (exact) mass is 389 g/mol. The first-order valence-corrected chi connectivity index (χ1v) is 8.08. The lowest BCUT2D eigenvalue weighted by atomic mass is 9.96. The SMILES string of the molecule is CC(=O)NC1C(OC(C)=O)OC(COC(C)=O)[C@H](OC(C)=O)[C@H]1OC(C)=O. The van der Waals surface area contributed by atoms with Crippen molar-refractivity contribution in [3.8, 4) is 0 Å². The van der Waals surface area contributed by atoms with Crippen LogP contribution in [0.2, 0.25) is 0 Å². The van der Waals surface area contributed by atoms with Gasteiger partial charge in [-0.25, -0.2) is 0 Å². The van der Waals surface area contributed by atoms with Crippen molar-refractivity contribution in [2.24, 2.45) is 0 Å². The standard InChI is InChI=1S/C16H23NO10/c1-7(18)17-13-15(25-10(4)21)14(24-9(3)20)12(6-23-8(2)19)27-16(13)26-11(5)22/h12-16H,6H2,1-5H3,(H,17,18)/t12?,13?,14-,15-,16?/m0/s1. The van der Waals surface area contributed by atoms with Gasteiger partial charge in [0.15, 0.2) is 12.2 Å². The normalized spacial score (nSPS) is 27.1. The Bertz CT molecular complexity index is 604. The minimum Gasteiger partial charge on any atom is -0.463 e. The van der Waals surface area contributed by atoms with Gasteiger partial charge in [-0.3, -0.25) is 24.0 Å². The van der Waals surface area contributed by atoms with Crippen LogP contribution in [0.5, 0.6) is 0 Å². The van der Waals surface area contributed by atoms with Crippen LogP contribution in [-0.4, -0.2) is 67.0 Å². The van der Waals surface area contributed by atoms with Crippen LogP contribution >= 0.6 is 0 Å². The number of carbonyl (C=O) groups is 5. The molecule has 27 heavy (non-hydrogen) atoms. The molecule has 0 aromatic carbocycles. The first-order chi connectivity index (χ1) is 12.5. The summed E-state index contributed by atoms with van der Waals surface area (Å²) in [4.78, 5) is 57.2. The molecular weight excluding hydrogens is 366 g/mol. The van der Waals surface area contributed by atoms with Crippen LogP contribution in [0.4, 0.5) is 0 Å². The van der Waals surface area contributed by atoms with E-state index in [1.165, 1.54) is 6.92 Å². The molecular formula is C16H23NO10. The summed E-state index contributed by atoms with van der Waals surface area (Å²) >= 11 is 0. The summed E-state index contributed by atoms with van der Waals surface area (Å²) in [6.45, 7) is 5.36. The van der Waals surface area contributed by atoms with Crippen molar-refractivity contribution in [3.63, 3.8) is 0 Å². The molecule has 11 heteroatoms. The van der Waals surface area contributed by atoms with Gasteiger partial charge in [-0.15, -0.1) is 0 Å². The van der Waals surface area contributed by atoms with Crippen molar-refractivity contribution in [2.75, 3.05) is 6.61 Å². The molecule has 0 aromatic heterocycles. The third-order valence-electron chi connectivity index (χ3n) is 3.35. The van der Waals surface area contributed by atoms with Crippen molar-refractivity contribution in [1.82, 2.24) is 5.32 Å². The van der Waals surface area contributed by atoms with E-state index >= 15 is 0 Å². The van der Waals surface area contributed by atoms with E-state index in [0.29, 0.717) is 0 Å². The Kier molecular flexibility index (Phi) is 8.16. The lowest BCUT2D eigenvalue weighted by molar-refractivity contribution is -0.270. The Morgan fingerprint density at radius 1 is 0.778 bits per heavy atom. The highest BCUT2D eigenvalue weighted by atomic mass is 16.7. The molecule has 11 nitrogen and oxygen atoms in total. The summed E-state index contributed by atoms with van der Waals surface area (Å²) in [5, 5.41) is 2.46. The highest BCUT2D eigenvalue weighted by Gasteiger charge is 2.52. The number of rotatable bonds is 6. The molecule has 152 valence electrons. The number of carbonyl (C=O) groups excluding carboxylic acids is 5. The predicted octanol–water partition coefficient (Wildman–Crippen LogP) is -0.794. The van der Waals surface area contributed by atoms with Crippen LogP contribution < -0.4 is 5.32 Å². The molecule has 3 unspecified atom stereocenters. The summed E-state index contributed by atoms with van der Waals surface area (Å²) in [7, 11) is 0. The van der Waals surface area contributed by atoms with Crippen LogP contribution in [0, 0.1) is 0 Å². The first-order valence-electron chi connectivity index (χ1n) is 8.08. The van der Waals surface area contributed by atoms with Crippen molar-refractivity contribution in [1.29, 1.82) is 0 Å². The smallest absolute Gasteiger partial charge is 0.305 e. The molecule has 1 amide bonds. The molecule has 1 heterocycles. The van der Waals surface area contributed by atoms with Crippen LogP contribution in [0.1, 0.15) is 34.6 Å². The fourth-order valence-corrected chi connectivity index (χ4v) is 2.55. The molecule has 1 aliphatic heterocycles.